The summed E-state index contributed by atoms with van der Waals surface area (Å²) in [6, 6.07) is 2.12. The smallest absolute Gasteiger partial charge is 0.142 e. The van der Waals surface area contributed by atoms with Gasteiger partial charge in [0.25, 0.3) is 0 Å². The minimum atomic E-state index is 0.460. The monoisotopic (exact) mass is 238 g/mol. The van der Waals surface area contributed by atoms with Crippen LogP contribution in [0.1, 0.15) is 16.8 Å². The second-order valence-electron chi connectivity index (χ2n) is 3.46. The van der Waals surface area contributed by atoms with E-state index in [-0.39, 0.29) is 0 Å². The minimum Gasteiger partial charge on any atom is -0.253 e. The van der Waals surface area contributed by atoms with Crippen LogP contribution in [-0.4, -0.2) is 9.97 Å². The largest absolute Gasteiger partial charge is 0.253 e. The Morgan fingerprint density at radius 1 is 1.40 bits per heavy atom. The summed E-state index contributed by atoms with van der Waals surface area (Å²) in [5.74, 6) is 0.460. The van der Waals surface area contributed by atoms with Gasteiger partial charge in [0.1, 0.15) is 10.7 Å². The molecule has 78 valence electrons. The van der Waals surface area contributed by atoms with E-state index in [9.17, 15) is 0 Å². The normalized spacial score (nSPS) is 10.6. The van der Waals surface area contributed by atoms with Gasteiger partial charge in [-0.3, -0.25) is 4.98 Å². The van der Waals surface area contributed by atoms with Gasteiger partial charge >= 0.3 is 0 Å². The first-order valence-electron chi connectivity index (χ1n) is 4.64. The lowest BCUT2D eigenvalue weighted by atomic mass is 10.2. The van der Waals surface area contributed by atoms with Crippen molar-refractivity contribution in [3.8, 4) is 10.7 Å². The molecule has 0 aromatic carbocycles. The number of hydrogen-bond donors (Lipinski definition) is 0. The molecular weight excluding hydrogens is 228 g/mol. The number of hydrogen-bond acceptors (Lipinski definition) is 3. The predicted octanol–water partition coefficient (Wildman–Crippen LogP) is 3.56. The van der Waals surface area contributed by atoms with E-state index in [0.29, 0.717) is 5.88 Å². The Kier molecular flexibility index (Phi) is 3.03. The molecule has 0 unspecified atom stereocenters. The molecule has 0 bridgehead atoms. The number of nitrogens with zero attached hydrogens (tertiary/aromatic N) is 2. The molecule has 2 nitrogen and oxygen atoms in total. The average molecular weight is 239 g/mol. The van der Waals surface area contributed by atoms with Crippen molar-refractivity contribution in [1.82, 2.24) is 9.97 Å². The maximum Gasteiger partial charge on any atom is 0.142 e. The van der Waals surface area contributed by atoms with Gasteiger partial charge in [-0.25, -0.2) is 4.98 Å². The Bertz CT molecular complexity index is 479. The third-order valence-corrected chi connectivity index (χ3v) is 3.28. The van der Waals surface area contributed by atoms with Crippen molar-refractivity contribution in [3.05, 3.63) is 34.5 Å². The van der Waals surface area contributed by atoms with Crippen molar-refractivity contribution in [3.63, 3.8) is 0 Å². The third-order valence-electron chi connectivity index (χ3n) is 2.11. The summed E-state index contributed by atoms with van der Waals surface area (Å²) in [7, 11) is 0. The van der Waals surface area contributed by atoms with Crippen LogP contribution in [0.25, 0.3) is 10.7 Å². The molecule has 4 heteroatoms. The fraction of sp³-hybridized carbons (Fsp3) is 0.273. The third kappa shape index (κ3) is 2.19. The first-order valence-corrected chi connectivity index (χ1v) is 6.06. The van der Waals surface area contributed by atoms with Gasteiger partial charge in [0.15, 0.2) is 0 Å². The molecule has 0 N–H and O–H groups in total. The number of aryl methyl sites for hydroxylation is 2. The molecule has 0 spiro atoms. The fourth-order valence-electron chi connectivity index (χ4n) is 1.42. The van der Waals surface area contributed by atoms with E-state index in [4.69, 9.17) is 11.6 Å². The Morgan fingerprint density at radius 3 is 2.80 bits per heavy atom. The zero-order chi connectivity index (χ0) is 10.8. The van der Waals surface area contributed by atoms with E-state index in [0.717, 1.165) is 22.0 Å². The topological polar surface area (TPSA) is 25.8 Å². The van der Waals surface area contributed by atoms with Gasteiger partial charge in [-0.15, -0.1) is 22.9 Å². The molecule has 15 heavy (non-hydrogen) atoms. The molecule has 2 rings (SSSR count). The molecule has 0 saturated heterocycles. The Balaban J connectivity index is 2.44. The molecule has 0 saturated carbocycles. The molecule has 2 heterocycles. The summed E-state index contributed by atoms with van der Waals surface area (Å²) >= 11 is 7.31. The summed E-state index contributed by atoms with van der Waals surface area (Å²) in [6.07, 6.45) is 1.87. The lowest BCUT2D eigenvalue weighted by Crippen LogP contribution is -1.89. The molecule has 0 aliphatic heterocycles. The maximum absolute atomic E-state index is 5.72. The Morgan fingerprint density at radius 2 is 2.20 bits per heavy atom. The quantitative estimate of drug-likeness (QED) is 0.748. The number of pyridine rings is 1. The summed E-state index contributed by atoms with van der Waals surface area (Å²) < 4.78 is 0. The number of halogens is 1. The van der Waals surface area contributed by atoms with Crippen LogP contribution < -0.4 is 0 Å². The summed E-state index contributed by atoms with van der Waals surface area (Å²) in [6.45, 7) is 4.09. The SMILES string of the molecule is Cc1cnc(-c2nc(CCl)cs2)c(C)c1. The Labute approximate surface area is 98.0 Å². The number of thiazole rings is 1. The van der Waals surface area contributed by atoms with Gasteiger partial charge in [-0.1, -0.05) is 6.07 Å². The number of alkyl halides is 1. The van der Waals surface area contributed by atoms with Crippen LogP contribution in [0.5, 0.6) is 0 Å². The van der Waals surface area contributed by atoms with Gasteiger partial charge in [-0.05, 0) is 25.0 Å². The Hall–Kier alpha value is -0.930. The zero-order valence-corrected chi connectivity index (χ0v) is 10.2. The van der Waals surface area contributed by atoms with E-state index < -0.39 is 0 Å². The van der Waals surface area contributed by atoms with Crippen molar-refractivity contribution < 1.29 is 0 Å². The second-order valence-corrected chi connectivity index (χ2v) is 4.58. The van der Waals surface area contributed by atoms with E-state index in [1.165, 1.54) is 5.56 Å². The highest BCUT2D eigenvalue weighted by atomic mass is 35.5. The highest BCUT2D eigenvalue weighted by Gasteiger charge is 2.08. The summed E-state index contributed by atoms with van der Waals surface area (Å²) in [5.41, 5.74) is 4.20. The van der Waals surface area contributed by atoms with Crippen molar-refractivity contribution >= 4 is 22.9 Å². The molecule has 0 aliphatic rings. The van der Waals surface area contributed by atoms with Gasteiger partial charge in [0, 0.05) is 11.6 Å². The van der Waals surface area contributed by atoms with Crippen molar-refractivity contribution in [2.45, 2.75) is 19.7 Å². The minimum absolute atomic E-state index is 0.460. The van der Waals surface area contributed by atoms with Crippen LogP contribution in [0.4, 0.5) is 0 Å². The highest BCUT2D eigenvalue weighted by molar-refractivity contribution is 7.13. The van der Waals surface area contributed by atoms with Gasteiger partial charge in [0.05, 0.1) is 11.6 Å². The van der Waals surface area contributed by atoms with E-state index in [2.05, 4.69) is 23.0 Å². The van der Waals surface area contributed by atoms with Gasteiger partial charge in [-0.2, -0.15) is 0 Å². The van der Waals surface area contributed by atoms with Crippen LogP contribution >= 0.6 is 22.9 Å². The van der Waals surface area contributed by atoms with E-state index >= 15 is 0 Å². The molecule has 0 aliphatic carbocycles. The summed E-state index contributed by atoms with van der Waals surface area (Å²) in [4.78, 5) is 8.81. The molecule has 0 atom stereocenters. The van der Waals surface area contributed by atoms with Crippen molar-refractivity contribution in [1.29, 1.82) is 0 Å². The van der Waals surface area contributed by atoms with E-state index in [1.54, 1.807) is 11.3 Å². The standard InChI is InChI=1S/C11H11ClN2S/c1-7-3-8(2)10(13-5-7)11-14-9(4-12)6-15-11/h3,5-6H,4H2,1-2H3. The summed E-state index contributed by atoms with van der Waals surface area (Å²) in [5, 5.41) is 2.92. The van der Waals surface area contributed by atoms with Crippen LogP contribution in [-0.2, 0) is 5.88 Å². The predicted molar refractivity (Wildman–Crippen MR) is 64.4 cm³/mol. The lowest BCUT2D eigenvalue weighted by molar-refractivity contribution is 1.18. The zero-order valence-electron chi connectivity index (χ0n) is 8.62. The number of aromatic nitrogens is 2. The second kappa shape index (κ2) is 4.29. The van der Waals surface area contributed by atoms with Crippen LogP contribution in [0.15, 0.2) is 17.6 Å². The average Bonchev–Trinajstić information content (AvgIpc) is 2.66. The first-order chi connectivity index (χ1) is 7.20. The van der Waals surface area contributed by atoms with Crippen molar-refractivity contribution in [2.75, 3.05) is 0 Å². The molecule has 0 radical (unpaired) electrons. The highest BCUT2D eigenvalue weighted by Crippen LogP contribution is 2.25. The first kappa shape index (κ1) is 10.6. The van der Waals surface area contributed by atoms with Gasteiger partial charge in [0.2, 0.25) is 0 Å². The van der Waals surface area contributed by atoms with Crippen LogP contribution in [0, 0.1) is 13.8 Å². The lowest BCUT2D eigenvalue weighted by Gasteiger charge is -2.01. The maximum atomic E-state index is 5.72. The molecular formula is C11H11ClN2S. The fourth-order valence-corrected chi connectivity index (χ4v) is 2.52. The van der Waals surface area contributed by atoms with Crippen LogP contribution in [0.3, 0.4) is 0 Å². The molecule has 0 fully saturated rings. The molecule has 0 amide bonds. The molecule has 2 aromatic heterocycles. The number of rotatable bonds is 2. The van der Waals surface area contributed by atoms with Crippen molar-refractivity contribution in [2.24, 2.45) is 0 Å². The molecule has 2 aromatic rings. The van der Waals surface area contributed by atoms with E-state index in [1.807, 2.05) is 18.5 Å². The van der Waals surface area contributed by atoms with Gasteiger partial charge < -0.3 is 0 Å². The van der Waals surface area contributed by atoms with Crippen LogP contribution in [0.2, 0.25) is 0 Å².